The number of hydrogen-bond donors (Lipinski definition) is 3. The highest BCUT2D eigenvalue weighted by Crippen LogP contribution is 2.24. The molecule has 1 amide bonds. The molecule has 1 atom stereocenters. The Bertz CT molecular complexity index is 823. The van der Waals surface area contributed by atoms with Crippen molar-refractivity contribution in [1.29, 1.82) is 0 Å². The largest absolute Gasteiger partial charge is 0.484 e. The maximum Gasteiger partial charge on any atom is 0.276 e. The predicted octanol–water partition coefficient (Wildman–Crippen LogP) is 2.36. The summed E-state index contributed by atoms with van der Waals surface area (Å²) in [5.41, 5.74) is 9.53. The first-order valence-corrected chi connectivity index (χ1v) is 10.2. The molecule has 5 heteroatoms. The van der Waals surface area contributed by atoms with Gasteiger partial charge in [-0.25, -0.2) is 0 Å². The van der Waals surface area contributed by atoms with Gasteiger partial charge in [-0.05, 0) is 29.2 Å². The Morgan fingerprint density at radius 3 is 2.41 bits per heavy atom. The standard InChI is InChI=1S/C24H31N3O2/c1-24(2,3)20-9-11-22(12-10-20)29-18-23(28)26-25-21-13-15-27(16-14-21)17-19-7-5-4-6-8-19/h4-13,25H,14-18H2,1-3H3,(H,26,28)/p+1. The number of hydrazine groups is 1. The number of nitrogens with one attached hydrogen (secondary N) is 3. The molecule has 3 N–H and O–H groups in total. The zero-order valence-corrected chi connectivity index (χ0v) is 17.6. The highest BCUT2D eigenvalue weighted by molar-refractivity contribution is 5.77. The first-order chi connectivity index (χ1) is 13.9. The van der Waals surface area contributed by atoms with Crippen LogP contribution in [0.15, 0.2) is 66.4 Å². The van der Waals surface area contributed by atoms with Gasteiger partial charge in [0.15, 0.2) is 6.61 Å². The van der Waals surface area contributed by atoms with E-state index in [2.05, 4.69) is 62.0 Å². The van der Waals surface area contributed by atoms with Gasteiger partial charge in [0.25, 0.3) is 5.91 Å². The normalized spacial score (nSPS) is 16.7. The average molecular weight is 395 g/mol. The van der Waals surface area contributed by atoms with Crippen molar-refractivity contribution in [1.82, 2.24) is 10.9 Å². The molecule has 0 saturated carbocycles. The zero-order chi connectivity index (χ0) is 20.7. The van der Waals surface area contributed by atoms with E-state index >= 15 is 0 Å². The lowest BCUT2D eigenvalue weighted by Gasteiger charge is -2.24. The number of quaternary nitrogens is 1. The van der Waals surface area contributed by atoms with Gasteiger partial charge in [0.1, 0.15) is 12.3 Å². The van der Waals surface area contributed by atoms with Crippen LogP contribution in [0.25, 0.3) is 0 Å². The molecule has 2 aromatic rings. The topological polar surface area (TPSA) is 54.8 Å². The number of amides is 1. The third-order valence-corrected chi connectivity index (χ3v) is 5.13. The van der Waals surface area contributed by atoms with Crippen LogP contribution >= 0.6 is 0 Å². The predicted molar refractivity (Wildman–Crippen MR) is 115 cm³/mol. The van der Waals surface area contributed by atoms with Gasteiger partial charge < -0.3 is 15.1 Å². The maximum atomic E-state index is 12.1. The van der Waals surface area contributed by atoms with Crippen molar-refractivity contribution in [3.63, 3.8) is 0 Å². The highest BCUT2D eigenvalue weighted by Gasteiger charge is 2.16. The molecule has 0 fully saturated rings. The van der Waals surface area contributed by atoms with Crippen LogP contribution in [0.4, 0.5) is 0 Å². The Balaban J connectivity index is 1.37. The van der Waals surface area contributed by atoms with E-state index in [1.54, 1.807) is 0 Å². The summed E-state index contributed by atoms with van der Waals surface area (Å²) in [6.45, 7) is 9.52. The number of benzene rings is 2. The van der Waals surface area contributed by atoms with Crippen molar-refractivity contribution in [3.05, 3.63) is 77.5 Å². The molecule has 0 spiro atoms. The second kappa shape index (κ2) is 9.61. The number of hydrogen-bond acceptors (Lipinski definition) is 3. The van der Waals surface area contributed by atoms with Gasteiger partial charge in [0.05, 0.1) is 13.1 Å². The van der Waals surface area contributed by atoms with Crippen LogP contribution < -0.4 is 20.5 Å². The lowest BCUT2D eigenvalue weighted by Crippen LogP contribution is -3.11. The smallest absolute Gasteiger partial charge is 0.276 e. The Morgan fingerprint density at radius 1 is 1.07 bits per heavy atom. The Morgan fingerprint density at radius 2 is 1.79 bits per heavy atom. The van der Waals surface area contributed by atoms with Gasteiger partial charge in [-0.2, -0.15) is 0 Å². The fourth-order valence-electron chi connectivity index (χ4n) is 3.33. The minimum absolute atomic E-state index is 0.0134. The van der Waals surface area contributed by atoms with Crippen LogP contribution in [0.1, 0.15) is 38.3 Å². The zero-order valence-electron chi connectivity index (χ0n) is 17.6. The molecule has 0 bridgehead atoms. The van der Waals surface area contributed by atoms with E-state index in [9.17, 15) is 4.79 Å². The molecule has 0 radical (unpaired) electrons. The first-order valence-electron chi connectivity index (χ1n) is 10.2. The van der Waals surface area contributed by atoms with Crippen molar-refractivity contribution in [3.8, 4) is 5.75 Å². The number of carbonyl (C=O) groups excluding carboxylic acids is 1. The summed E-state index contributed by atoms with van der Waals surface area (Å²) < 4.78 is 5.58. The van der Waals surface area contributed by atoms with E-state index < -0.39 is 0 Å². The fraction of sp³-hybridized carbons (Fsp3) is 0.375. The van der Waals surface area contributed by atoms with Gasteiger partial charge in [-0.1, -0.05) is 63.2 Å². The summed E-state index contributed by atoms with van der Waals surface area (Å²) in [7, 11) is 0. The quantitative estimate of drug-likeness (QED) is 0.632. The van der Waals surface area contributed by atoms with E-state index in [4.69, 9.17) is 4.74 Å². The third kappa shape index (κ3) is 6.64. The van der Waals surface area contributed by atoms with Crippen LogP contribution in [-0.2, 0) is 16.8 Å². The summed E-state index contributed by atoms with van der Waals surface area (Å²) in [6.07, 6.45) is 3.08. The van der Waals surface area contributed by atoms with Crippen LogP contribution in [0.5, 0.6) is 5.75 Å². The van der Waals surface area contributed by atoms with Gasteiger partial charge in [0.2, 0.25) is 0 Å². The van der Waals surface area contributed by atoms with Crippen molar-refractivity contribution < 1.29 is 14.4 Å². The molecule has 1 heterocycles. The van der Waals surface area contributed by atoms with Crippen LogP contribution in [0.3, 0.4) is 0 Å². The minimum Gasteiger partial charge on any atom is -0.484 e. The molecule has 154 valence electrons. The van der Waals surface area contributed by atoms with Gasteiger partial charge >= 0.3 is 0 Å². The van der Waals surface area contributed by atoms with E-state index in [0.29, 0.717) is 5.75 Å². The van der Waals surface area contributed by atoms with E-state index in [-0.39, 0.29) is 17.9 Å². The Labute approximate surface area is 173 Å². The van der Waals surface area contributed by atoms with E-state index in [0.717, 1.165) is 31.8 Å². The van der Waals surface area contributed by atoms with Crippen molar-refractivity contribution in [2.75, 3.05) is 19.7 Å². The summed E-state index contributed by atoms with van der Waals surface area (Å²) in [4.78, 5) is 13.6. The number of rotatable bonds is 7. The first kappa shape index (κ1) is 20.9. The molecule has 3 rings (SSSR count). The monoisotopic (exact) mass is 394 g/mol. The second-order valence-corrected chi connectivity index (χ2v) is 8.58. The molecule has 29 heavy (non-hydrogen) atoms. The molecule has 1 aliphatic heterocycles. The van der Waals surface area contributed by atoms with Crippen LogP contribution in [0.2, 0.25) is 0 Å². The Hall–Kier alpha value is -2.79. The Kier molecular flexibility index (Phi) is 6.94. The molecule has 0 aliphatic carbocycles. The molecule has 0 saturated heterocycles. The maximum absolute atomic E-state index is 12.1. The molecule has 1 unspecified atom stereocenters. The molecule has 5 nitrogen and oxygen atoms in total. The van der Waals surface area contributed by atoms with Crippen molar-refractivity contribution in [2.45, 2.75) is 39.2 Å². The molecule has 0 aromatic heterocycles. The lowest BCUT2D eigenvalue weighted by molar-refractivity contribution is -0.909. The minimum atomic E-state index is -0.190. The molecular weight excluding hydrogens is 362 g/mol. The second-order valence-electron chi connectivity index (χ2n) is 8.58. The van der Waals surface area contributed by atoms with Crippen molar-refractivity contribution in [2.24, 2.45) is 0 Å². The van der Waals surface area contributed by atoms with E-state index in [1.807, 2.05) is 30.3 Å². The highest BCUT2D eigenvalue weighted by atomic mass is 16.5. The van der Waals surface area contributed by atoms with E-state index in [1.165, 1.54) is 16.0 Å². The fourth-order valence-corrected chi connectivity index (χ4v) is 3.33. The molecule has 2 aromatic carbocycles. The third-order valence-electron chi connectivity index (χ3n) is 5.13. The molecule has 1 aliphatic rings. The van der Waals surface area contributed by atoms with Crippen LogP contribution in [-0.4, -0.2) is 25.6 Å². The van der Waals surface area contributed by atoms with Gasteiger partial charge in [-0.15, -0.1) is 0 Å². The lowest BCUT2D eigenvalue weighted by atomic mass is 9.87. The van der Waals surface area contributed by atoms with Gasteiger partial charge in [-0.3, -0.25) is 10.2 Å². The number of ether oxygens (including phenoxy) is 1. The summed E-state index contributed by atoms with van der Waals surface area (Å²) in [5.74, 6) is 0.509. The van der Waals surface area contributed by atoms with Crippen molar-refractivity contribution >= 4 is 5.91 Å². The average Bonchev–Trinajstić information content (AvgIpc) is 2.72. The summed E-state index contributed by atoms with van der Waals surface area (Å²) >= 11 is 0. The summed E-state index contributed by atoms with van der Waals surface area (Å²) in [5, 5.41) is 0. The van der Waals surface area contributed by atoms with Crippen LogP contribution in [0, 0.1) is 0 Å². The molecular formula is C24H32N3O2+. The SMILES string of the molecule is CC(C)(C)c1ccc(OCC(=O)NNC2=CC[NH+](Cc3ccccc3)CC2)cc1. The number of carbonyl (C=O) groups is 1. The van der Waals surface area contributed by atoms with Gasteiger partial charge in [0, 0.05) is 17.7 Å². The summed E-state index contributed by atoms with van der Waals surface area (Å²) in [6, 6.07) is 18.5.